The zero-order valence-electron chi connectivity index (χ0n) is 16.6. The summed E-state index contributed by atoms with van der Waals surface area (Å²) >= 11 is 0. The van der Waals surface area contributed by atoms with Crippen molar-refractivity contribution in [3.8, 4) is 0 Å². The smallest absolute Gasteiger partial charge is 0.244 e. The van der Waals surface area contributed by atoms with Crippen molar-refractivity contribution in [1.29, 1.82) is 0 Å². The van der Waals surface area contributed by atoms with Gasteiger partial charge >= 0.3 is 0 Å². The van der Waals surface area contributed by atoms with E-state index < -0.39 is 0 Å². The molecule has 1 atom stereocenters. The largest absolute Gasteiger partial charge is 0.325 e. The summed E-state index contributed by atoms with van der Waals surface area (Å²) in [5.41, 5.74) is 6.51. The molecule has 1 saturated carbocycles. The molecule has 4 rings (SSSR count). The summed E-state index contributed by atoms with van der Waals surface area (Å²) in [5, 5.41) is 2.92. The second-order valence-electron chi connectivity index (χ2n) is 7.82. The molecule has 2 aromatic rings. The zero-order chi connectivity index (χ0) is 19.8. The van der Waals surface area contributed by atoms with Crippen LogP contribution in [0.5, 0.6) is 0 Å². The molecule has 0 saturated heterocycles. The number of fused-ring (bicyclic) bond motifs is 2. The number of hydrogen-bond donors (Lipinski definition) is 1. The van der Waals surface area contributed by atoms with Crippen LogP contribution >= 0.6 is 0 Å². The lowest BCUT2D eigenvalue weighted by atomic mass is 10.0. The molecule has 1 aliphatic heterocycles. The lowest BCUT2D eigenvalue weighted by Crippen LogP contribution is -2.42. The van der Waals surface area contributed by atoms with Crippen LogP contribution in [0, 0.1) is 26.7 Å². The first kappa shape index (κ1) is 18.4. The molecule has 1 heterocycles. The van der Waals surface area contributed by atoms with Crippen LogP contribution in [0.1, 0.15) is 36.0 Å². The van der Waals surface area contributed by atoms with E-state index in [1.165, 1.54) is 0 Å². The van der Waals surface area contributed by atoms with Crippen LogP contribution in [0.2, 0.25) is 0 Å². The van der Waals surface area contributed by atoms with E-state index in [1.54, 1.807) is 4.90 Å². The maximum Gasteiger partial charge on any atom is 0.244 e. The van der Waals surface area contributed by atoms with Crippen molar-refractivity contribution in [2.24, 2.45) is 10.9 Å². The van der Waals surface area contributed by atoms with Crippen LogP contribution < -0.4 is 10.2 Å². The molecule has 0 radical (unpaired) electrons. The second kappa shape index (κ2) is 7.23. The first-order valence-electron chi connectivity index (χ1n) is 9.79. The van der Waals surface area contributed by atoms with Gasteiger partial charge in [0, 0.05) is 11.4 Å². The molecule has 2 aliphatic rings. The van der Waals surface area contributed by atoms with E-state index in [1.807, 2.05) is 57.2 Å². The normalized spacial score (nSPS) is 18.2. The molecule has 1 fully saturated rings. The van der Waals surface area contributed by atoms with Gasteiger partial charge in [-0.3, -0.25) is 14.6 Å². The second-order valence-corrected chi connectivity index (χ2v) is 7.82. The maximum atomic E-state index is 13.3. The van der Waals surface area contributed by atoms with Gasteiger partial charge in [0.1, 0.15) is 6.54 Å². The predicted octanol–water partition coefficient (Wildman–Crippen LogP) is 4.47. The Labute approximate surface area is 165 Å². The minimum atomic E-state index is -0.209. The number of aryl methyl sites for hydroxylation is 3. The van der Waals surface area contributed by atoms with Crippen molar-refractivity contribution >= 4 is 34.6 Å². The van der Waals surface area contributed by atoms with Crippen molar-refractivity contribution in [1.82, 2.24) is 0 Å². The number of carbonyl (C=O) groups is 2. The fourth-order valence-electron chi connectivity index (χ4n) is 4.01. The van der Waals surface area contributed by atoms with Gasteiger partial charge in [-0.1, -0.05) is 12.1 Å². The van der Waals surface area contributed by atoms with Gasteiger partial charge in [0.05, 0.1) is 17.3 Å². The van der Waals surface area contributed by atoms with Crippen LogP contribution in [0.15, 0.2) is 41.4 Å². The van der Waals surface area contributed by atoms with Crippen molar-refractivity contribution in [2.45, 2.75) is 40.0 Å². The molecule has 5 heteroatoms. The van der Waals surface area contributed by atoms with Crippen LogP contribution in [0.3, 0.4) is 0 Å². The number of amides is 2. The number of aliphatic imine (C=N–C) groups is 1. The molecule has 144 valence electrons. The van der Waals surface area contributed by atoms with Crippen LogP contribution in [-0.4, -0.2) is 24.1 Å². The Hall–Kier alpha value is -2.95. The van der Waals surface area contributed by atoms with Crippen molar-refractivity contribution in [3.63, 3.8) is 0 Å². The molecule has 28 heavy (non-hydrogen) atoms. The molecule has 1 N–H and O–H groups in total. The Morgan fingerprint density at radius 3 is 2.75 bits per heavy atom. The Bertz CT molecular complexity index is 993. The fraction of sp³-hybridized carbons (Fsp3) is 0.348. The highest BCUT2D eigenvalue weighted by molar-refractivity contribution is 6.16. The summed E-state index contributed by atoms with van der Waals surface area (Å²) < 4.78 is 0. The number of hydrogen-bond acceptors (Lipinski definition) is 3. The Balaban J connectivity index is 1.67. The van der Waals surface area contributed by atoms with E-state index in [2.05, 4.69) is 5.32 Å². The molecular formula is C23H25N3O2. The van der Waals surface area contributed by atoms with Gasteiger partial charge in [-0.15, -0.1) is 0 Å². The summed E-state index contributed by atoms with van der Waals surface area (Å²) in [4.78, 5) is 32.5. The van der Waals surface area contributed by atoms with Gasteiger partial charge in [0.2, 0.25) is 11.8 Å². The van der Waals surface area contributed by atoms with E-state index in [4.69, 9.17) is 4.99 Å². The van der Waals surface area contributed by atoms with Crippen LogP contribution in [0.25, 0.3) is 0 Å². The van der Waals surface area contributed by atoms with Crippen molar-refractivity contribution in [3.05, 3.63) is 53.1 Å². The van der Waals surface area contributed by atoms with Gasteiger partial charge in [0.15, 0.2) is 0 Å². The molecule has 5 nitrogen and oxygen atoms in total. The average molecular weight is 375 g/mol. The zero-order valence-corrected chi connectivity index (χ0v) is 16.6. The molecule has 0 spiro atoms. The summed E-state index contributed by atoms with van der Waals surface area (Å²) in [6.45, 7) is 6.03. The molecular weight excluding hydrogens is 350 g/mol. The SMILES string of the molecule is Cc1cccc(NC(=O)CN2C(=O)[C@H]3CCCC3=Nc3cc(C)c(C)cc32)c1. The third-order valence-corrected chi connectivity index (χ3v) is 5.64. The highest BCUT2D eigenvalue weighted by Crippen LogP contribution is 2.39. The number of benzene rings is 2. The standard InChI is InChI=1S/C23H25N3O2/c1-14-6-4-7-17(10-14)24-22(27)13-26-21-12-16(3)15(2)11-20(21)25-19-9-5-8-18(19)23(26)28/h4,6-7,10-12,18H,5,8-9,13H2,1-3H3,(H,24,27)/t18-/m0/s1. The van der Waals surface area contributed by atoms with E-state index in [9.17, 15) is 9.59 Å². The quantitative estimate of drug-likeness (QED) is 0.860. The molecule has 0 unspecified atom stereocenters. The Kier molecular flexibility index (Phi) is 4.75. The number of carbonyl (C=O) groups excluding carboxylic acids is 2. The Morgan fingerprint density at radius 1 is 1.18 bits per heavy atom. The third-order valence-electron chi connectivity index (χ3n) is 5.64. The Morgan fingerprint density at radius 2 is 1.96 bits per heavy atom. The van der Waals surface area contributed by atoms with E-state index in [0.717, 1.165) is 58.7 Å². The van der Waals surface area contributed by atoms with Crippen LogP contribution in [0.4, 0.5) is 17.1 Å². The van der Waals surface area contributed by atoms with E-state index in [0.29, 0.717) is 0 Å². The molecule has 1 aliphatic carbocycles. The monoisotopic (exact) mass is 375 g/mol. The number of rotatable bonds is 3. The van der Waals surface area contributed by atoms with Gasteiger partial charge < -0.3 is 10.2 Å². The number of anilines is 2. The summed E-state index contributed by atoms with van der Waals surface area (Å²) in [6.07, 6.45) is 2.63. The topological polar surface area (TPSA) is 61.8 Å². The van der Waals surface area contributed by atoms with Gasteiger partial charge in [-0.2, -0.15) is 0 Å². The number of nitrogens with one attached hydrogen (secondary N) is 1. The number of nitrogens with zero attached hydrogens (tertiary/aromatic N) is 2. The molecule has 2 aromatic carbocycles. The van der Waals surface area contributed by atoms with Crippen molar-refractivity contribution < 1.29 is 9.59 Å². The lowest BCUT2D eigenvalue weighted by molar-refractivity contribution is -0.122. The molecule has 0 aromatic heterocycles. The third kappa shape index (κ3) is 3.44. The van der Waals surface area contributed by atoms with Crippen molar-refractivity contribution in [2.75, 3.05) is 16.8 Å². The highest BCUT2D eigenvalue weighted by Gasteiger charge is 2.37. The fourth-order valence-corrected chi connectivity index (χ4v) is 4.01. The van der Waals surface area contributed by atoms with Gasteiger partial charge in [0.25, 0.3) is 0 Å². The minimum Gasteiger partial charge on any atom is -0.325 e. The van der Waals surface area contributed by atoms with E-state index >= 15 is 0 Å². The van der Waals surface area contributed by atoms with Gasteiger partial charge in [-0.25, -0.2) is 0 Å². The first-order valence-corrected chi connectivity index (χ1v) is 9.79. The highest BCUT2D eigenvalue weighted by atomic mass is 16.2. The van der Waals surface area contributed by atoms with Crippen LogP contribution in [-0.2, 0) is 9.59 Å². The average Bonchev–Trinajstić information content (AvgIpc) is 3.07. The molecule has 0 bridgehead atoms. The first-order chi connectivity index (χ1) is 13.4. The van der Waals surface area contributed by atoms with E-state index in [-0.39, 0.29) is 24.3 Å². The predicted molar refractivity (Wildman–Crippen MR) is 113 cm³/mol. The minimum absolute atomic E-state index is 0.0123. The molecule has 2 amide bonds. The summed E-state index contributed by atoms with van der Waals surface area (Å²) in [7, 11) is 0. The maximum absolute atomic E-state index is 13.3. The lowest BCUT2D eigenvalue weighted by Gasteiger charge is -2.25. The van der Waals surface area contributed by atoms with Gasteiger partial charge in [-0.05, 0) is 81.0 Å². The summed E-state index contributed by atoms with van der Waals surface area (Å²) in [6, 6.07) is 11.7. The summed E-state index contributed by atoms with van der Waals surface area (Å²) in [5.74, 6) is -0.429.